The summed E-state index contributed by atoms with van der Waals surface area (Å²) >= 11 is 0. The Bertz CT molecular complexity index is 522. The Morgan fingerprint density at radius 2 is 2.12 bits per heavy atom. The number of carbonyl (C=O) groups is 2. The number of hydrogen-bond donors (Lipinski definition) is 3. The summed E-state index contributed by atoms with van der Waals surface area (Å²) in [5.41, 5.74) is -0.775. The second kappa shape index (κ2) is 4.94. The van der Waals surface area contributed by atoms with E-state index in [1.165, 1.54) is 0 Å². The van der Waals surface area contributed by atoms with Crippen LogP contribution in [0.2, 0.25) is 0 Å². The molecule has 0 bridgehead atoms. The molecule has 0 aliphatic rings. The van der Waals surface area contributed by atoms with Crippen molar-refractivity contribution in [2.75, 3.05) is 5.32 Å². The first-order chi connectivity index (χ1) is 7.95. The minimum atomic E-state index is -1.44. The van der Waals surface area contributed by atoms with Crippen molar-refractivity contribution in [1.82, 2.24) is 0 Å². The average molecular weight is 238 g/mol. The number of hydrogen-bond acceptors (Lipinski definition) is 4. The molecular formula is C10H7FN2O4. The van der Waals surface area contributed by atoms with Gasteiger partial charge in [-0.15, -0.1) is 0 Å². The lowest BCUT2D eigenvalue weighted by molar-refractivity contribution is -0.115. The van der Waals surface area contributed by atoms with Crippen LogP contribution in [0.3, 0.4) is 0 Å². The van der Waals surface area contributed by atoms with E-state index < -0.39 is 35.4 Å². The van der Waals surface area contributed by atoms with Crippen LogP contribution in [0.25, 0.3) is 0 Å². The predicted octanol–water partition coefficient (Wildman–Crippen LogP) is 1.08. The molecule has 1 aromatic carbocycles. The predicted molar refractivity (Wildman–Crippen MR) is 53.9 cm³/mol. The van der Waals surface area contributed by atoms with E-state index in [2.05, 4.69) is 5.32 Å². The van der Waals surface area contributed by atoms with Gasteiger partial charge in [-0.05, 0) is 6.07 Å². The number of nitrogens with one attached hydrogen (secondary N) is 1. The summed E-state index contributed by atoms with van der Waals surface area (Å²) in [4.78, 5) is 21.8. The van der Waals surface area contributed by atoms with Gasteiger partial charge in [-0.3, -0.25) is 4.79 Å². The fourth-order valence-corrected chi connectivity index (χ4v) is 1.11. The second-order valence-corrected chi connectivity index (χ2v) is 3.04. The Morgan fingerprint density at radius 1 is 1.47 bits per heavy atom. The zero-order valence-corrected chi connectivity index (χ0v) is 8.40. The highest BCUT2D eigenvalue weighted by atomic mass is 19.1. The minimum absolute atomic E-state index is 0.312. The fraction of sp³-hybridized carbons (Fsp3) is 0.100. The monoisotopic (exact) mass is 238 g/mol. The molecule has 7 heteroatoms. The van der Waals surface area contributed by atoms with Crippen LogP contribution >= 0.6 is 0 Å². The second-order valence-electron chi connectivity index (χ2n) is 3.04. The lowest BCUT2D eigenvalue weighted by Gasteiger charge is -2.08. The Balaban J connectivity index is 3.14. The lowest BCUT2D eigenvalue weighted by atomic mass is 10.1. The Morgan fingerprint density at radius 3 is 2.65 bits per heavy atom. The van der Waals surface area contributed by atoms with Crippen molar-refractivity contribution >= 4 is 17.6 Å². The number of benzene rings is 1. The third-order valence-electron chi connectivity index (χ3n) is 1.83. The van der Waals surface area contributed by atoms with Gasteiger partial charge in [0.05, 0.1) is 17.3 Å². The van der Waals surface area contributed by atoms with Crippen LogP contribution in [-0.4, -0.2) is 22.1 Å². The van der Waals surface area contributed by atoms with E-state index in [0.29, 0.717) is 12.1 Å². The third-order valence-corrected chi connectivity index (χ3v) is 1.83. The molecule has 1 amide bonds. The maximum absolute atomic E-state index is 13.0. The van der Waals surface area contributed by atoms with Crippen LogP contribution in [0.15, 0.2) is 12.1 Å². The van der Waals surface area contributed by atoms with Gasteiger partial charge in [0.15, 0.2) is 11.6 Å². The zero-order chi connectivity index (χ0) is 13.0. The summed E-state index contributed by atoms with van der Waals surface area (Å²) in [6, 6.07) is 2.91. The number of aromatic hydroxyl groups is 1. The van der Waals surface area contributed by atoms with E-state index in [0.717, 1.165) is 0 Å². The number of amides is 1. The Kier molecular flexibility index (Phi) is 3.62. The molecule has 6 nitrogen and oxygen atoms in total. The van der Waals surface area contributed by atoms with E-state index >= 15 is 0 Å². The van der Waals surface area contributed by atoms with Gasteiger partial charge in [0.25, 0.3) is 0 Å². The minimum Gasteiger partial charge on any atom is -0.505 e. The van der Waals surface area contributed by atoms with Gasteiger partial charge >= 0.3 is 5.97 Å². The SMILES string of the molecule is N#CCC(=O)Nc1cc(F)c(O)cc1C(=O)O. The number of carboxylic acids is 1. The van der Waals surface area contributed by atoms with Crippen molar-refractivity contribution in [3.8, 4) is 11.8 Å². The van der Waals surface area contributed by atoms with E-state index in [9.17, 15) is 14.0 Å². The van der Waals surface area contributed by atoms with Gasteiger partial charge in [0.1, 0.15) is 6.42 Å². The van der Waals surface area contributed by atoms with Crippen LogP contribution in [0.5, 0.6) is 5.75 Å². The molecule has 0 aliphatic carbocycles. The lowest BCUT2D eigenvalue weighted by Crippen LogP contribution is -2.14. The molecule has 0 fully saturated rings. The number of aromatic carboxylic acids is 1. The van der Waals surface area contributed by atoms with Crippen LogP contribution in [-0.2, 0) is 4.79 Å². The number of anilines is 1. The average Bonchev–Trinajstić information content (AvgIpc) is 2.23. The largest absolute Gasteiger partial charge is 0.505 e. The fourth-order valence-electron chi connectivity index (χ4n) is 1.11. The molecule has 0 aliphatic heterocycles. The summed E-state index contributed by atoms with van der Waals surface area (Å²) in [5.74, 6) is -4.10. The topological polar surface area (TPSA) is 110 Å². The molecular weight excluding hydrogens is 231 g/mol. The summed E-state index contributed by atoms with van der Waals surface area (Å²) < 4.78 is 13.0. The van der Waals surface area contributed by atoms with Crippen molar-refractivity contribution in [3.63, 3.8) is 0 Å². The first kappa shape index (κ1) is 12.4. The number of rotatable bonds is 3. The highest BCUT2D eigenvalue weighted by Gasteiger charge is 2.16. The smallest absolute Gasteiger partial charge is 0.337 e. The number of carboxylic acid groups (broad SMARTS) is 1. The maximum Gasteiger partial charge on any atom is 0.337 e. The van der Waals surface area contributed by atoms with E-state index in [4.69, 9.17) is 15.5 Å². The maximum atomic E-state index is 13.0. The van der Waals surface area contributed by atoms with Gasteiger partial charge in [-0.1, -0.05) is 0 Å². The molecule has 3 N–H and O–H groups in total. The van der Waals surface area contributed by atoms with Crippen LogP contribution in [0, 0.1) is 17.1 Å². The number of nitrogens with zero attached hydrogens (tertiary/aromatic N) is 1. The zero-order valence-electron chi connectivity index (χ0n) is 8.40. The number of phenolic OH excluding ortho intramolecular Hbond substituents is 1. The van der Waals surface area contributed by atoms with Crippen molar-refractivity contribution in [2.24, 2.45) is 0 Å². The quantitative estimate of drug-likeness (QED) is 0.682. The number of phenols is 1. The number of carbonyl (C=O) groups excluding carboxylic acids is 1. The molecule has 17 heavy (non-hydrogen) atoms. The summed E-state index contributed by atoms with van der Waals surface area (Å²) in [6.45, 7) is 0. The van der Waals surface area contributed by atoms with Crippen molar-refractivity contribution in [2.45, 2.75) is 6.42 Å². The molecule has 1 rings (SSSR count). The molecule has 0 saturated carbocycles. The van der Waals surface area contributed by atoms with Gasteiger partial charge in [0.2, 0.25) is 5.91 Å². The number of nitriles is 1. The third kappa shape index (κ3) is 2.92. The van der Waals surface area contributed by atoms with Crippen molar-refractivity contribution < 1.29 is 24.2 Å². The van der Waals surface area contributed by atoms with Gasteiger partial charge < -0.3 is 15.5 Å². The van der Waals surface area contributed by atoms with Gasteiger partial charge in [-0.2, -0.15) is 5.26 Å². The van der Waals surface area contributed by atoms with Crippen molar-refractivity contribution in [3.05, 3.63) is 23.5 Å². The van der Waals surface area contributed by atoms with E-state index in [-0.39, 0.29) is 5.69 Å². The first-order valence-corrected chi connectivity index (χ1v) is 4.38. The van der Waals surface area contributed by atoms with Gasteiger partial charge in [-0.25, -0.2) is 9.18 Å². The molecule has 0 spiro atoms. The highest BCUT2D eigenvalue weighted by Crippen LogP contribution is 2.25. The van der Waals surface area contributed by atoms with Crippen LogP contribution in [0.4, 0.5) is 10.1 Å². The molecule has 0 heterocycles. The molecule has 1 aromatic rings. The Hall–Kier alpha value is -2.62. The molecule has 88 valence electrons. The first-order valence-electron chi connectivity index (χ1n) is 4.38. The molecule has 0 saturated heterocycles. The highest BCUT2D eigenvalue weighted by molar-refractivity contribution is 6.01. The summed E-state index contributed by atoms with van der Waals surface area (Å²) in [5, 5.41) is 28.1. The normalized spacial score (nSPS) is 9.41. The van der Waals surface area contributed by atoms with Crippen molar-refractivity contribution in [1.29, 1.82) is 5.26 Å². The molecule has 0 unspecified atom stereocenters. The number of halogens is 1. The van der Waals surface area contributed by atoms with E-state index in [1.54, 1.807) is 6.07 Å². The summed E-state index contributed by atoms with van der Waals surface area (Å²) in [7, 11) is 0. The molecule has 0 atom stereocenters. The van der Waals surface area contributed by atoms with Crippen LogP contribution < -0.4 is 5.32 Å². The standard InChI is InChI=1S/C10H7FN2O4/c11-6-4-7(13-9(15)1-2-12)5(10(16)17)3-8(6)14/h3-4,14H,1H2,(H,13,15)(H,16,17). The van der Waals surface area contributed by atoms with E-state index in [1.807, 2.05) is 0 Å². The molecule has 0 radical (unpaired) electrons. The summed E-state index contributed by atoms with van der Waals surface area (Å²) in [6.07, 6.45) is -0.485. The van der Waals surface area contributed by atoms with Crippen LogP contribution in [0.1, 0.15) is 16.8 Å². The molecule has 0 aromatic heterocycles. The van der Waals surface area contributed by atoms with Gasteiger partial charge in [0, 0.05) is 6.07 Å². The Labute approximate surface area is 94.9 Å².